The van der Waals surface area contributed by atoms with Crippen molar-refractivity contribution < 1.29 is 28.6 Å². The second-order valence-corrected chi connectivity index (χ2v) is 7.69. The molecule has 3 aliphatic rings. The van der Waals surface area contributed by atoms with E-state index in [1.54, 1.807) is 24.3 Å². The molecule has 2 heterocycles. The Morgan fingerprint density at radius 1 is 1.04 bits per heavy atom. The van der Waals surface area contributed by atoms with Gasteiger partial charge in [-0.25, -0.2) is 0 Å². The summed E-state index contributed by atoms with van der Waals surface area (Å²) < 4.78 is 17.1. The van der Waals surface area contributed by atoms with Crippen molar-refractivity contribution in [2.24, 2.45) is 11.8 Å². The smallest absolute Gasteiger partial charge is 0.238 e. The predicted molar refractivity (Wildman–Crippen MR) is 92.8 cm³/mol. The quantitative estimate of drug-likeness (QED) is 0.679. The third kappa shape index (κ3) is 3.11. The van der Waals surface area contributed by atoms with Crippen LogP contribution in [0.1, 0.15) is 25.7 Å². The van der Waals surface area contributed by atoms with Gasteiger partial charge >= 0.3 is 0 Å². The standard InChI is InChI=1S/C18H18BrNO6/c19-11-1-3-12(4-2-11)20-16(22)7-13(17(20)23)14-8-18(6-5-15(14)21)25-9-24-10-26-18/h1-4,13-14H,5-10H2/t13-,14?/m1/s1. The van der Waals surface area contributed by atoms with E-state index in [0.717, 1.165) is 4.47 Å². The molecule has 8 heteroatoms. The molecule has 1 aromatic carbocycles. The van der Waals surface area contributed by atoms with Crippen LogP contribution in [-0.4, -0.2) is 37.0 Å². The SMILES string of the molecule is O=C1CCC2(CC1[C@H]1CC(=O)N(c3ccc(Br)cc3)C1=O)OCOCO2. The predicted octanol–water partition coefficient (Wildman–Crippen LogP) is 2.37. The number of carbonyl (C=O) groups excluding carboxylic acids is 3. The molecule has 0 radical (unpaired) electrons. The monoisotopic (exact) mass is 423 g/mol. The average molecular weight is 424 g/mol. The van der Waals surface area contributed by atoms with Gasteiger partial charge in [0.1, 0.15) is 5.78 Å². The molecule has 7 nitrogen and oxygen atoms in total. The van der Waals surface area contributed by atoms with Crippen LogP contribution in [0.25, 0.3) is 0 Å². The molecule has 1 aromatic rings. The summed E-state index contributed by atoms with van der Waals surface area (Å²) in [5, 5.41) is 0. The van der Waals surface area contributed by atoms with Crippen LogP contribution in [-0.2, 0) is 28.6 Å². The van der Waals surface area contributed by atoms with Crippen LogP contribution in [0, 0.1) is 11.8 Å². The Labute approximate surface area is 158 Å². The number of Topliss-reactive ketones (excluding diaryl/α,β-unsaturated/α-hetero) is 1. The number of ether oxygens (including phenoxy) is 3. The molecule has 26 heavy (non-hydrogen) atoms. The largest absolute Gasteiger partial charge is 0.329 e. The summed E-state index contributed by atoms with van der Waals surface area (Å²) >= 11 is 3.34. The van der Waals surface area contributed by atoms with Crippen LogP contribution in [0.4, 0.5) is 5.69 Å². The van der Waals surface area contributed by atoms with Crippen LogP contribution < -0.4 is 4.90 Å². The van der Waals surface area contributed by atoms with Crippen molar-refractivity contribution in [3.63, 3.8) is 0 Å². The first kappa shape index (κ1) is 17.8. The van der Waals surface area contributed by atoms with Gasteiger partial charge in [0, 0.05) is 36.1 Å². The zero-order valence-electron chi connectivity index (χ0n) is 14.0. The number of anilines is 1. The molecule has 0 bridgehead atoms. The molecule has 1 saturated carbocycles. The molecular weight excluding hydrogens is 406 g/mol. The van der Waals surface area contributed by atoms with E-state index in [1.165, 1.54) is 4.90 Å². The molecule has 1 spiro atoms. The number of benzene rings is 1. The zero-order valence-corrected chi connectivity index (χ0v) is 15.6. The van der Waals surface area contributed by atoms with E-state index in [0.29, 0.717) is 12.1 Å². The van der Waals surface area contributed by atoms with Gasteiger partial charge in [-0.2, -0.15) is 0 Å². The maximum atomic E-state index is 13.0. The van der Waals surface area contributed by atoms with Crippen LogP contribution >= 0.6 is 15.9 Å². The third-order valence-corrected chi connectivity index (χ3v) is 5.79. The minimum Gasteiger partial charge on any atom is -0.329 e. The molecule has 2 amide bonds. The number of ketones is 1. The summed E-state index contributed by atoms with van der Waals surface area (Å²) in [6, 6.07) is 6.95. The second-order valence-electron chi connectivity index (χ2n) is 6.77. The first-order chi connectivity index (χ1) is 12.5. The molecule has 3 fully saturated rings. The van der Waals surface area contributed by atoms with Crippen LogP contribution in [0.2, 0.25) is 0 Å². The van der Waals surface area contributed by atoms with E-state index < -0.39 is 17.6 Å². The van der Waals surface area contributed by atoms with E-state index in [9.17, 15) is 14.4 Å². The Morgan fingerprint density at radius 2 is 1.73 bits per heavy atom. The van der Waals surface area contributed by atoms with E-state index >= 15 is 0 Å². The number of amides is 2. The van der Waals surface area contributed by atoms with Gasteiger partial charge in [-0.05, 0) is 24.3 Å². The number of carbonyl (C=O) groups is 3. The van der Waals surface area contributed by atoms with Gasteiger partial charge in [0.15, 0.2) is 19.4 Å². The highest BCUT2D eigenvalue weighted by Crippen LogP contribution is 2.42. The van der Waals surface area contributed by atoms with E-state index in [4.69, 9.17) is 14.2 Å². The van der Waals surface area contributed by atoms with Gasteiger partial charge < -0.3 is 14.2 Å². The average Bonchev–Trinajstić information content (AvgIpc) is 2.93. The number of nitrogens with zero attached hydrogens (tertiary/aromatic N) is 1. The van der Waals surface area contributed by atoms with Crippen molar-refractivity contribution in [2.75, 3.05) is 18.5 Å². The first-order valence-corrected chi connectivity index (χ1v) is 9.29. The fourth-order valence-corrected chi connectivity index (χ4v) is 4.15. The Balaban J connectivity index is 1.57. The van der Waals surface area contributed by atoms with Crippen molar-refractivity contribution in [3.8, 4) is 0 Å². The number of hydrogen-bond acceptors (Lipinski definition) is 6. The molecular formula is C18H18BrNO6. The summed E-state index contributed by atoms with van der Waals surface area (Å²) in [6.45, 7) is 0.201. The van der Waals surface area contributed by atoms with Gasteiger partial charge in [0.25, 0.3) is 0 Å². The lowest BCUT2D eigenvalue weighted by Gasteiger charge is -2.42. The van der Waals surface area contributed by atoms with Crippen LogP contribution in [0.3, 0.4) is 0 Å². The minimum atomic E-state index is -0.898. The number of imide groups is 1. The van der Waals surface area contributed by atoms with Crippen LogP contribution in [0.5, 0.6) is 0 Å². The number of rotatable bonds is 2. The minimum absolute atomic E-state index is 0.0156. The van der Waals surface area contributed by atoms with E-state index in [2.05, 4.69) is 15.9 Å². The summed E-state index contributed by atoms with van der Waals surface area (Å²) in [5.41, 5.74) is 0.516. The fraction of sp³-hybridized carbons (Fsp3) is 0.500. The van der Waals surface area contributed by atoms with E-state index in [-0.39, 0.29) is 50.4 Å². The molecule has 4 rings (SSSR count). The Bertz CT molecular complexity index is 743. The van der Waals surface area contributed by atoms with Gasteiger partial charge in [-0.3, -0.25) is 19.3 Å². The van der Waals surface area contributed by atoms with Crippen molar-refractivity contribution in [1.29, 1.82) is 0 Å². The molecule has 2 saturated heterocycles. The summed E-state index contributed by atoms with van der Waals surface area (Å²) in [4.78, 5) is 39.1. The summed E-state index contributed by atoms with van der Waals surface area (Å²) in [5.74, 6) is -2.79. The van der Waals surface area contributed by atoms with Gasteiger partial charge in [0.2, 0.25) is 11.8 Å². The van der Waals surface area contributed by atoms with E-state index in [1.807, 2.05) is 0 Å². The van der Waals surface area contributed by atoms with Gasteiger partial charge in [0.05, 0.1) is 11.6 Å². The first-order valence-electron chi connectivity index (χ1n) is 8.50. The molecule has 0 aromatic heterocycles. The van der Waals surface area contributed by atoms with Gasteiger partial charge in [-0.15, -0.1) is 0 Å². The third-order valence-electron chi connectivity index (χ3n) is 5.26. The number of halogens is 1. The van der Waals surface area contributed by atoms with Crippen LogP contribution in [0.15, 0.2) is 28.7 Å². The highest BCUT2D eigenvalue weighted by atomic mass is 79.9. The van der Waals surface area contributed by atoms with Gasteiger partial charge in [-0.1, -0.05) is 15.9 Å². The molecule has 2 aliphatic heterocycles. The lowest BCUT2D eigenvalue weighted by molar-refractivity contribution is -0.369. The zero-order chi connectivity index (χ0) is 18.3. The Morgan fingerprint density at radius 3 is 2.42 bits per heavy atom. The highest BCUT2D eigenvalue weighted by molar-refractivity contribution is 9.10. The normalized spacial score (nSPS) is 28.8. The van der Waals surface area contributed by atoms with Crippen molar-refractivity contribution >= 4 is 39.2 Å². The summed E-state index contributed by atoms with van der Waals surface area (Å²) in [6.07, 6.45) is 1.00. The maximum Gasteiger partial charge on any atom is 0.238 e. The number of hydrogen-bond donors (Lipinski definition) is 0. The molecule has 1 aliphatic carbocycles. The maximum absolute atomic E-state index is 13.0. The second kappa shape index (κ2) is 6.84. The Kier molecular flexibility index (Phi) is 4.68. The molecule has 138 valence electrons. The Hall–Kier alpha value is -1.61. The molecule has 0 N–H and O–H groups in total. The highest BCUT2D eigenvalue weighted by Gasteiger charge is 2.52. The molecule has 2 atom stereocenters. The van der Waals surface area contributed by atoms with Crippen molar-refractivity contribution in [1.82, 2.24) is 0 Å². The lowest BCUT2D eigenvalue weighted by Crippen LogP contribution is -2.50. The lowest BCUT2D eigenvalue weighted by atomic mass is 9.75. The molecule has 1 unspecified atom stereocenters. The fourth-order valence-electron chi connectivity index (χ4n) is 3.88. The van der Waals surface area contributed by atoms with Crippen molar-refractivity contribution in [3.05, 3.63) is 28.7 Å². The summed E-state index contributed by atoms with van der Waals surface area (Å²) in [7, 11) is 0. The van der Waals surface area contributed by atoms with Crippen molar-refractivity contribution in [2.45, 2.75) is 31.5 Å². The topological polar surface area (TPSA) is 82.1 Å².